The summed E-state index contributed by atoms with van der Waals surface area (Å²) in [5, 5.41) is 16.4. The summed E-state index contributed by atoms with van der Waals surface area (Å²) < 4.78 is 6.20. The van der Waals surface area contributed by atoms with Gasteiger partial charge in [0.05, 0.1) is 12.7 Å². The molecule has 0 aromatic heterocycles. The molecule has 0 saturated carbocycles. The Morgan fingerprint density at radius 1 is 1.13 bits per heavy atom. The van der Waals surface area contributed by atoms with Crippen molar-refractivity contribution in [1.82, 2.24) is 4.90 Å². The van der Waals surface area contributed by atoms with Crippen LogP contribution in [0, 0.1) is 0 Å². The van der Waals surface area contributed by atoms with Crippen LogP contribution in [0.15, 0.2) is 64.4 Å². The third kappa shape index (κ3) is 7.84. The highest BCUT2D eigenvalue weighted by atomic mass is 35.5. The van der Waals surface area contributed by atoms with Crippen molar-refractivity contribution in [2.75, 3.05) is 27.2 Å². The predicted molar refractivity (Wildman–Crippen MR) is 117 cm³/mol. The molecular weight excluding hydrogens is 426 g/mol. The summed E-state index contributed by atoms with van der Waals surface area (Å²) in [5.41, 5.74) is 2.54. The van der Waals surface area contributed by atoms with Gasteiger partial charge in [0, 0.05) is 39.9 Å². The Bertz CT molecular complexity index is 900. The lowest BCUT2D eigenvalue weighted by atomic mass is 10.0. The molecule has 0 bridgehead atoms. The number of carboxylic acid groups (broad SMARTS) is 2. The lowest BCUT2D eigenvalue weighted by Crippen LogP contribution is -2.20. The Balaban J connectivity index is 0.000000343. The Labute approximate surface area is 185 Å². The van der Waals surface area contributed by atoms with Gasteiger partial charge in [0.25, 0.3) is 0 Å². The van der Waals surface area contributed by atoms with Gasteiger partial charge in [-0.2, -0.15) is 0 Å². The second-order valence-electron chi connectivity index (χ2n) is 6.77. The molecule has 0 amide bonds. The first-order chi connectivity index (χ1) is 14.3. The van der Waals surface area contributed by atoms with E-state index in [1.165, 1.54) is 20.9 Å². The molecular formula is C22H24ClNO5S. The molecule has 0 saturated heterocycles. The monoisotopic (exact) mass is 449 g/mol. The highest BCUT2D eigenvalue weighted by Crippen LogP contribution is 2.42. The number of aliphatic carboxylic acids is 2. The molecule has 6 nitrogen and oxygen atoms in total. The van der Waals surface area contributed by atoms with E-state index < -0.39 is 11.9 Å². The van der Waals surface area contributed by atoms with Crippen molar-refractivity contribution in [2.24, 2.45) is 0 Å². The summed E-state index contributed by atoms with van der Waals surface area (Å²) in [6, 6.07) is 14.7. The fraction of sp³-hybridized carbons (Fsp3) is 0.273. The summed E-state index contributed by atoms with van der Waals surface area (Å²) in [7, 11) is 4.13. The van der Waals surface area contributed by atoms with E-state index in [1.54, 1.807) is 11.8 Å². The average Bonchev–Trinajstić information content (AvgIpc) is 2.83. The van der Waals surface area contributed by atoms with Crippen LogP contribution >= 0.6 is 23.4 Å². The standard InChI is InChI=1S/C18H20ClNOS.C4H4O4/c1-20(2)9-10-21-16-12-13-11-14(19)7-8-17(13)22-18-6-4-3-5-15(16)18;5-3(6)1-2-4(7)8/h3-8,11,16H,9-10,12H2,1-2H3;1-2H,(H,5,6)(H,7,8)/b;2-1-. The second-order valence-corrected chi connectivity index (χ2v) is 8.29. The van der Waals surface area contributed by atoms with Gasteiger partial charge in [-0.3, -0.25) is 0 Å². The summed E-state index contributed by atoms with van der Waals surface area (Å²) in [4.78, 5) is 23.8. The molecule has 160 valence electrons. The third-order valence-electron chi connectivity index (χ3n) is 4.14. The largest absolute Gasteiger partial charge is 0.478 e. The number of likely N-dealkylation sites (N-methyl/N-ethyl adjacent to an activating group) is 1. The van der Waals surface area contributed by atoms with Crippen molar-refractivity contribution in [2.45, 2.75) is 22.3 Å². The van der Waals surface area contributed by atoms with Crippen molar-refractivity contribution in [1.29, 1.82) is 0 Å². The van der Waals surface area contributed by atoms with Crippen molar-refractivity contribution < 1.29 is 24.5 Å². The number of nitrogens with zero attached hydrogens (tertiary/aromatic N) is 1. The molecule has 0 spiro atoms. The number of carbonyl (C=O) groups is 2. The fourth-order valence-electron chi connectivity index (χ4n) is 2.74. The molecule has 1 atom stereocenters. The first kappa shape index (κ1) is 24.0. The van der Waals surface area contributed by atoms with E-state index >= 15 is 0 Å². The zero-order valence-electron chi connectivity index (χ0n) is 16.7. The summed E-state index contributed by atoms with van der Waals surface area (Å²) in [5.74, 6) is -2.51. The van der Waals surface area contributed by atoms with Crippen LogP contribution in [0.2, 0.25) is 5.02 Å². The number of ether oxygens (including phenoxy) is 1. The number of halogens is 1. The fourth-order valence-corrected chi connectivity index (χ4v) is 4.05. The average molecular weight is 450 g/mol. The van der Waals surface area contributed by atoms with Gasteiger partial charge in [-0.15, -0.1) is 0 Å². The van der Waals surface area contributed by atoms with Crippen LogP contribution in [0.3, 0.4) is 0 Å². The quantitative estimate of drug-likeness (QED) is 0.633. The third-order valence-corrected chi connectivity index (χ3v) is 5.58. The van der Waals surface area contributed by atoms with E-state index in [9.17, 15) is 9.59 Å². The van der Waals surface area contributed by atoms with Gasteiger partial charge in [-0.1, -0.05) is 41.6 Å². The Morgan fingerprint density at radius 3 is 2.43 bits per heavy atom. The lowest BCUT2D eigenvalue weighted by Gasteiger charge is -2.20. The van der Waals surface area contributed by atoms with Gasteiger partial charge in [-0.25, -0.2) is 9.59 Å². The lowest BCUT2D eigenvalue weighted by molar-refractivity contribution is -0.134. The van der Waals surface area contributed by atoms with Crippen LogP contribution in [0.1, 0.15) is 17.2 Å². The summed E-state index contributed by atoms with van der Waals surface area (Å²) in [6.07, 6.45) is 2.07. The molecule has 1 aliphatic rings. The number of carboxylic acids is 2. The molecule has 1 aliphatic heterocycles. The number of hydrogen-bond acceptors (Lipinski definition) is 5. The minimum atomic E-state index is -1.26. The maximum atomic E-state index is 9.55. The summed E-state index contributed by atoms with van der Waals surface area (Å²) >= 11 is 7.98. The maximum Gasteiger partial charge on any atom is 0.328 e. The molecule has 2 aromatic rings. The Morgan fingerprint density at radius 2 is 1.80 bits per heavy atom. The van der Waals surface area contributed by atoms with E-state index in [1.807, 2.05) is 6.07 Å². The van der Waals surface area contributed by atoms with Gasteiger partial charge >= 0.3 is 11.9 Å². The van der Waals surface area contributed by atoms with Crippen LogP contribution in [0.4, 0.5) is 0 Å². The molecule has 30 heavy (non-hydrogen) atoms. The Hall–Kier alpha value is -2.32. The molecule has 0 radical (unpaired) electrons. The van der Waals surface area contributed by atoms with Crippen LogP contribution in [0.5, 0.6) is 0 Å². The van der Waals surface area contributed by atoms with Crippen LogP contribution in [-0.2, 0) is 20.7 Å². The minimum absolute atomic E-state index is 0.0865. The number of hydrogen-bond donors (Lipinski definition) is 2. The normalized spacial score (nSPS) is 15.0. The van der Waals surface area contributed by atoms with Crippen LogP contribution in [0.25, 0.3) is 0 Å². The van der Waals surface area contributed by atoms with E-state index in [2.05, 4.69) is 55.4 Å². The zero-order chi connectivity index (χ0) is 22.1. The first-order valence-electron chi connectivity index (χ1n) is 9.21. The maximum absolute atomic E-state index is 9.55. The van der Waals surface area contributed by atoms with Gasteiger partial charge < -0.3 is 19.8 Å². The molecule has 1 heterocycles. The first-order valence-corrected chi connectivity index (χ1v) is 10.4. The SMILES string of the molecule is CN(C)CCOC1Cc2cc(Cl)ccc2Sc2ccccc21.O=C(O)/C=C\C(=O)O. The minimum Gasteiger partial charge on any atom is -0.478 e. The second kappa shape index (κ2) is 11.8. The van der Waals surface area contributed by atoms with Crippen LogP contribution in [-0.4, -0.2) is 54.3 Å². The van der Waals surface area contributed by atoms with Crippen molar-refractivity contribution in [3.63, 3.8) is 0 Å². The molecule has 2 N–H and O–H groups in total. The highest BCUT2D eigenvalue weighted by Gasteiger charge is 2.23. The molecule has 2 aromatic carbocycles. The Kier molecular flexibility index (Phi) is 9.39. The van der Waals surface area contributed by atoms with E-state index in [-0.39, 0.29) is 6.10 Å². The van der Waals surface area contributed by atoms with Crippen molar-refractivity contribution in [3.8, 4) is 0 Å². The zero-order valence-corrected chi connectivity index (χ0v) is 18.3. The molecule has 0 fully saturated rings. The number of fused-ring (bicyclic) bond motifs is 2. The van der Waals surface area contributed by atoms with Crippen molar-refractivity contribution >= 4 is 35.3 Å². The topological polar surface area (TPSA) is 87.1 Å². The van der Waals surface area contributed by atoms with Crippen LogP contribution < -0.4 is 0 Å². The highest BCUT2D eigenvalue weighted by molar-refractivity contribution is 7.99. The van der Waals surface area contributed by atoms with E-state index in [0.717, 1.165) is 24.6 Å². The van der Waals surface area contributed by atoms with Gasteiger partial charge in [0.2, 0.25) is 0 Å². The van der Waals surface area contributed by atoms with Gasteiger partial charge in [0.15, 0.2) is 0 Å². The molecule has 8 heteroatoms. The molecule has 0 aliphatic carbocycles. The number of rotatable bonds is 6. The van der Waals surface area contributed by atoms with E-state index in [4.69, 9.17) is 26.6 Å². The van der Waals surface area contributed by atoms with E-state index in [0.29, 0.717) is 12.2 Å². The summed E-state index contributed by atoms with van der Waals surface area (Å²) in [6.45, 7) is 1.65. The van der Waals surface area contributed by atoms with Crippen molar-refractivity contribution in [3.05, 3.63) is 70.8 Å². The smallest absolute Gasteiger partial charge is 0.328 e. The predicted octanol–water partition coefficient (Wildman–Crippen LogP) is 4.38. The number of benzene rings is 2. The van der Waals surface area contributed by atoms with Gasteiger partial charge in [0.1, 0.15) is 0 Å². The molecule has 3 rings (SSSR count). The van der Waals surface area contributed by atoms with Gasteiger partial charge in [-0.05, 0) is 49.5 Å². The molecule has 1 unspecified atom stereocenters.